The fraction of sp³-hybridized carbons (Fsp3) is 0.267. The fourth-order valence-corrected chi connectivity index (χ4v) is 6.86. The molecule has 0 radical (unpaired) electrons. The maximum atomic E-state index is 13.9. The molecule has 40 heavy (non-hydrogen) atoms. The lowest BCUT2D eigenvalue weighted by Crippen LogP contribution is -2.33. The van der Waals surface area contributed by atoms with E-state index in [4.69, 9.17) is 11.6 Å². The molecule has 3 atom stereocenters. The first kappa shape index (κ1) is 26.7. The number of imidazole rings is 1. The average molecular weight is 579 g/mol. The largest absolute Gasteiger partial charge is 0.337 e. The third-order valence-electron chi connectivity index (χ3n) is 7.83. The molecule has 0 bridgehead atoms. The molecule has 3 aromatic carbocycles. The van der Waals surface area contributed by atoms with Gasteiger partial charge in [-0.25, -0.2) is 22.5 Å². The normalized spacial score (nSPS) is 19.8. The first-order chi connectivity index (χ1) is 19.2. The van der Waals surface area contributed by atoms with Gasteiger partial charge in [0, 0.05) is 42.1 Å². The van der Waals surface area contributed by atoms with Gasteiger partial charge in [0.15, 0.2) is 0 Å². The zero-order valence-corrected chi connectivity index (χ0v) is 23.4. The Labute approximate surface area is 237 Å². The zero-order valence-electron chi connectivity index (χ0n) is 21.8. The molecule has 1 saturated carbocycles. The van der Waals surface area contributed by atoms with Gasteiger partial charge in [-0.05, 0) is 90.4 Å². The number of aryl methyl sites for hydroxylation is 2. The summed E-state index contributed by atoms with van der Waals surface area (Å²) in [5.41, 5.74) is 3.65. The van der Waals surface area contributed by atoms with Crippen molar-refractivity contribution in [3.8, 4) is 0 Å². The van der Waals surface area contributed by atoms with Crippen LogP contribution in [0.25, 0.3) is 0 Å². The summed E-state index contributed by atoms with van der Waals surface area (Å²) in [5.74, 6) is 0.206. The highest BCUT2D eigenvalue weighted by atomic mass is 35.5. The number of anilines is 1. The van der Waals surface area contributed by atoms with E-state index in [1.807, 2.05) is 60.3 Å². The number of halogens is 2. The molecule has 0 unspecified atom stereocenters. The van der Waals surface area contributed by atoms with Crippen molar-refractivity contribution in [2.45, 2.75) is 42.7 Å². The molecular formula is C30H28ClFN4O3S. The molecule has 1 aromatic heterocycles. The second-order valence-electron chi connectivity index (χ2n) is 10.4. The highest BCUT2D eigenvalue weighted by Crippen LogP contribution is 2.49. The van der Waals surface area contributed by atoms with Gasteiger partial charge in [-0.1, -0.05) is 29.8 Å². The van der Waals surface area contributed by atoms with Crippen LogP contribution in [-0.2, 0) is 34.8 Å². The summed E-state index contributed by atoms with van der Waals surface area (Å²) in [7, 11) is -1.97. The van der Waals surface area contributed by atoms with Crippen LogP contribution in [0.15, 0.2) is 84.0 Å². The molecule has 7 nitrogen and oxygen atoms in total. The Morgan fingerprint density at radius 3 is 2.58 bits per heavy atom. The smallest absolute Gasteiger partial charge is 0.241 e. The number of aromatic nitrogens is 2. The van der Waals surface area contributed by atoms with Crippen LogP contribution in [0.5, 0.6) is 0 Å². The van der Waals surface area contributed by atoms with E-state index in [1.165, 1.54) is 12.1 Å². The third-order valence-corrected chi connectivity index (χ3v) is 9.57. The van der Waals surface area contributed by atoms with Gasteiger partial charge in [-0.15, -0.1) is 0 Å². The van der Waals surface area contributed by atoms with Gasteiger partial charge >= 0.3 is 0 Å². The van der Waals surface area contributed by atoms with Crippen molar-refractivity contribution in [1.82, 2.24) is 14.3 Å². The summed E-state index contributed by atoms with van der Waals surface area (Å²) >= 11 is 6.06. The van der Waals surface area contributed by atoms with Crippen LogP contribution in [0, 0.1) is 11.7 Å². The van der Waals surface area contributed by atoms with Crippen LogP contribution in [0.4, 0.5) is 10.1 Å². The monoisotopic (exact) mass is 578 g/mol. The minimum absolute atomic E-state index is 0.00402. The lowest BCUT2D eigenvalue weighted by molar-refractivity contribution is -0.120. The molecule has 1 fully saturated rings. The lowest BCUT2D eigenvalue weighted by atomic mass is 10.1. The lowest BCUT2D eigenvalue weighted by Gasteiger charge is -2.25. The molecule has 0 aliphatic heterocycles. The van der Waals surface area contributed by atoms with Gasteiger partial charge in [0.05, 0.1) is 11.4 Å². The van der Waals surface area contributed by atoms with E-state index < -0.39 is 21.9 Å². The minimum Gasteiger partial charge on any atom is -0.337 e. The molecule has 1 heterocycles. The van der Waals surface area contributed by atoms with Gasteiger partial charge in [-0.3, -0.25) is 4.79 Å². The van der Waals surface area contributed by atoms with E-state index in [2.05, 4.69) is 9.71 Å². The molecule has 10 heteroatoms. The SMILES string of the molecule is Cn1ccnc1CN(C(=O)[C@@H]1C[C@@H]1c1ccc(Cl)cc1)c1ccc2c(c1)[C@@H](NS(=O)(=O)c1ccc(F)cc1)CC2. The number of carbonyl (C=O) groups is 1. The van der Waals surface area contributed by atoms with Crippen LogP contribution in [0.1, 0.15) is 47.3 Å². The molecule has 4 aromatic rings. The van der Waals surface area contributed by atoms with E-state index in [0.29, 0.717) is 23.6 Å². The summed E-state index contributed by atoms with van der Waals surface area (Å²) in [6.45, 7) is 0.289. The van der Waals surface area contributed by atoms with Gasteiger partial charge in [0.2, 0.25) is 15.9 Å². The molecule has 6 rings (SSSR count). The van der Waals surface area contributed by atoms with Crippen molar-refractivity contribution in [2.24, 2.45) is 13.0 Å². The van der Waals surface area contributed by atoms with Gasteiger partial charge in [-0.2, -0.15) is 0 Å². The Bertz CT molecular complexity index is 1670. The van der Waals surface area contributed by atoms with E-state index >= 15 is 0 Å². The number of fused-ring (bicyclic) bond motifs is 1. The minimum atomic E-state index is -3.86. The van der Waals surface area contributed by atoms with Crippen molar-refractivity contribution in [2.75, 3.05) is 4.90 Å². The van der Waals surface area contributed by atoms with E-state index in [0.717, 1.165) is 41.1 Å². The predicted molar refractivity (Wildman–Crippen MR) is 151 cm³/mol. The average Bonchev–Trinajstić information content (AvgIpc) is 3.50. The van der Waals surface area contributed by atoms with Gasteiger partial charge in [0.1, 0.15) is 11.6 Å². The first-order valence-corrected chi connectivity index (χ1v) is 15.0. The highest BCUT2D eigenvalue weighted by molar-refractivity contribution is 7.89. The summed E-state index contributed by atoms with van der Waals surface area (Å²) in [4.78, 5) is 20.1. The Hall–Kier alpha value is -3.53. The van der Waals surface area contributed by atoms with E-state index in [-0.39, 0.29) is 29.2 Å². The summed E-state index contributed by atoms with van der Waals surface area (Å²) < 4.78 is 44.1. The molecule has 1 amide bonds. The van der Waals surface area contributed by atoms with Crippen molar-refractivity contribution in [1.29, 1.82) is 0 Å². The van der Waals surface area contributed by atoms with E-state index in [1.54, 1.807) is 11.1 Å². The number of nitrogens with zero attached hydrogens (tertiary/aromatic N) is 3. The molecule has 2 aliphatic carbocycles. The standard InChI is InChI=1S/C30H28ClFN4O3S/c1-35-15-14-33-29(35)18-36(30(37)27-17-25(27)19-2-6-21(31)7-3-19)23-10-4-20-5-13-28(26(20)16-23)34-40(38,39)24-11-8-22(32)9-12-24/h2-4,6-12,14-16,25,27-28,34H,5,13,17-18H2,1H3/t25-,27-,28+/m1/s1. The Morgan fingerprint density at radius 1 is 1.12 bits per heavy atom. The highest BCUT2D eigenvalue weighted by Gasteiger charge is 2.46. The van der Waals surface area contributed by atoms with E-state index in [9.17, 15) is 17.6 Å². The van der Waals surface area contributed by atoms with Gasteiger partial charge < -0.3 is 9.47 Å². The van der Waals surface area contributed by atoms with Crippen LogP contribution in [0.3, 0.4) is 0 Å². The van der Waals surface area contributed by atoms with Crippen LogP contribution >= 0.6 is 11.6 Å². The second kappa shape index (κ2) is 10.5. The number of nitrogens with one attached hydrogen (secondary N) is 1. The Morgan fingerprint density at radius 2 is 1.88 bits per heavy atom. The number of amides is 1. The number of hydrogen-bond acceptors (Lipinski definition) is 4. The molecular weight excluding hydrogens is 551 g/mol. The molecule has 0 spiro atoms. The van der Waals surface area contributed by atoms with Crippen molar-refractivity contribution in [3.63, 3.8) is 0 Å². The maximum absolute atomic E-state index is 13.9. The summed E-state index contributed by atoms with van der Waals surface area (Å²) in [5, 5.41) is 0.659. The Balaban J connectivity index is 1.29. The summed E-state index contributed by atoms with van der Waals surface area (Å²) in [6, 6.07) is 17.7. The Kier molecular flexibility index (Phi) is 6.98. The number of sulfonamides is 1. The number of hydrogen-bond donors (Lipinski definition) is 1. The summed E-state index contributed by atoms with van der Waals surface area (Å²) in [6.07, 6.45) is 5.60. The first-order valence-electron chi connectivity index (χ1n) is 13.1. The second-order valence-corrected chi connectivity index (χ2v) is 12.6. The topological polar surface area (TPSA) is 84.3 Å². The molecule has 2 aliphatic rings. The maximum Gasteiger partial charge on any atom is 0.241 e. The molecule has 206 valence electrons. The van der Waals surface area contributed by atoms with Crippen molar-refractivity contribution < 1.29 is 17.6 Å². The fourth-order valence-electron chi connectivity index (χ4n) is 5.48. The van der Waals surface area contributed by atoms with Crippen molar-refractivity contribution >= 4 is 33.2 Å². The predicted octanol–water partition coefficient (Wildman–Crippen LogP) is 5.52. The molecule has 1 N–H and O–H groups in total. The number of carbonyl (C=O) groups excluding carboxylic acids is 1. The third kappa shape index (κ3) is 5.29. The van der Waals surface area contributed by atoms with Crippen molar-refractivity contribution in [3.05, 3.63) is 112 Å². The van der Waals surface area contributed by atoms with Gasteiger partial charge in [0.25, 0.3) is 0 Å². The van der Waals surface area contributed by atoms with Crippen LogP contribution in [-0.4, -0.2) is 23.9 Å². The molecule has 0 saturated heterocycles. The number of rotatable bonds is 8. The number of benzene rings is 3. The van der Waals surface area contributed by atoms with Crippen LogP contribution in [0.2, 0.25) is 5.02 Å². The van der Waals surface area contributed by atoms with Crippen LogP contribution < -0.4 is 9.62 Å². The zero-order chi connectivity index (χ0) is 28.0. The quantitative estimate of drug-likeness (QED) is 0.299.